The standard InChI is InChI=1S/C16H22N2O3/c1-4-6-13-14(20)17-16(2,3)15(21)18(13)10-11-7-5-8-12(19)9-11/h5,7-9,13,19H,4,6,10H2,1-3H3,(H,17,20). The van der Waals surface area contributed by atoms with E-state index in [0.29, 0.717) is 13.0 Å². The Labute approximate surface area is 125 Å². The van der Waals surface area contributed by atoms with E-state index >= 15 is 0 Å². The van der Waals surface area contributed by atoms with Crippen molar-refractivity contribution in [2.24, 2.45) is 0 Å². The van der Waals surface area contributed by atoms with Crippen LogP contribution in [0, 0.1) is 0 Å². The van der Waals surface area contributed by atoms with E-state index in [1.54, 1.807) is 36.9 Å². The molecule has 2 rings (SSSR count). The van der Waals surface area contributed by atoms with E-state index in [1.807, 2.05) is 13.0 Å². The van der Waals surface area contributed by atoms with Crippen LogP contribution < -0.4 is 5.32 Å². The molecule has 1 heterocycles. The molecule has 2 amide bonds. The Morgan fingerprint density at radius 3 is 2.67 bits per heavy atom. The highest BCUT2D eigenvalue weighted by Gasteiger charge is 2.44. The number of amides is 2. The van der Waals surface area contributed by atoms with Crippen molar-refractivity contribution in [2.45, 2.75) is 51.7 Å². The summed E-state index contributed by atoms with van der Waals surface area (Å²) >= 11 is 0. The molecule has 5 heteroatoms. The van der Waals surface area contributed by atoms with Crippen LogP contribution in [0.5, 0.6) is 5.75 Å². The molecule has 5 nitrogen and oxygen atoms in total. The van der Waals surface area contributed by atoms with E-state index in [4.69, 9.17) is 0 Å². The van der Waals surface area contributed by atoms with Gasteiger partial charge in [-0.15, -0.1) is 0 Å². The van der Waals surface area contributed by atoms with Crippen LogP contribution in [0.25, 0.3) is 0 Å². The van der Waals surface area contributed by atoms with Gasteiger partial charge in [-0.25, -0.2) is 0 Å². The molecule has 0 aromatic heterocycles. The molecule has 0 spiro atoms. The first-order chi connectivity index (χ1) is 9.85. The number of benzene rings is 1. The number of carbonyl (C=O) groups excluding carboxylic acids is 2. The van der Waals surface area contributed by atoms with Crippen LogP contribution in [0.1, 0.15) is 39.2 Å². The van der Waals surface area contributed by atoms with Gasteiger partial charge in [0.15, 0.2) is 0 Å². The minimum atomic E-state index is -0.891. The number of hydrogen-bond donors (Lipinski definition) is 2. The summed E-state index contributed by atoms with van der Waals surface area (Å²) in [6, 6.07) is 6.34. The fraction of sp³-hybridized carbons (Fsp3) is 0.500. The number of hydrogen-bond acceptors (Lipinski definition) is 3. The molecule has 1 aromatic rings. The number of rotatable bonds is 4. The first-order valence-corrected chi connectivity index (χ1v) is 7.26. The Morgan fingerprint density at radius 2 is 2.05 bits per heavy atom. The SMILES string of the molecule is CCCC1C(=O)NC(C)(C)C(=O)N1Cc1cccc(O)c1. The molecule has 1 aliphatic heterocycles. The van der Waals surface area contributed by atoms with Crippen LogP contribution in [0.2, 0.25) is 0 Å². The summed E-state index contributed by atoms with van der Waals surface area (Å²) in [6.45, 7) is 5.74. The Bertz CT molecular complexity index is 554. The second-order valence-corrected chi connectivity index (χ2v) is 6.02. The second-order valence-electron chi connectivity index (χ2n) is 6.02. The van der Waals surface area contributed by atoms with Gasteiger partial charge in [0.1, 0.15) is 17.3 Å². The Kier molecular flexibility index (Phi) is 4.21. The Morgan fingerprint density at radius 1 is 1.33 bits per heavy atom. The third kappa shape index (κ3) is 3.17. The molecule has 1 atom stereocenters. The lowest BCUT2D eigenvalue weighted by Gasteiger charge is -2.43. The molecule has 0 aliphatic carbocycles. The van der Waals surface area contributed by atoms with Crippen molar-refractivity contribution in [3.05, 3.63) is 29.8 Å². The van der Waals surface area contributed by atoms with Gasteiger partial charge in [-0.1, -0.05) is 25.5 Å². The van der Waals surface area contributed by atoms with Crippen molar-refractivity contribution < 1.29 is 14.7 Å². The summed E-state index contributed by atoms with van der Waals surface area (Å²) < 4.78 is 0. The highest BCUT2D eigenvalue weighted by atomic mass is 16.3. The zero-order valence-electron chi connectivity index (χ0n) is 12.7. The highest BCUT2D eigenvalue weighted by molar-refractivity contribution is 5.99. The number of phenols is 1. The van der Waals surface area contributed by atoms with Gasteiger partial charge in [0.25, 0.3) is 0 Å². The number of piperazine rings is 1. The second kappa shape index (κ2) is 5.76. The van der Waals surface area contributed by atoms with Gasteiger partial charge in [-0.05, 0) is 38.0 Å². The van der Waals surface area contributed by atoms with Gasteiger partial charge >= 0.3 is 0 Å². The predicted molar refractivity (Wildman–Crippen MR) is 79.6 cm³/mol. The summed E-state index contributed by atoms with van der Waals surface area (Å²) in [5, 5.41) is 12.3. The highest BCUT2D eigenvalue weighted by Crippen LogP contribution is 2.24. The molecule has 0 radical (unpaired) electrons. The van der Waals surface area contributed by atoms with Gasteiger partial charge in [-0.3, -0.25) is 9.59 Å². The minimum Gasteiger partial charge on any atom is -0.508 e. The third-order valence-electron chi connectivity index (χ3n) is 3.74. The van der Waals surface area contributed by atoms with Crippen LogP contribution in [-0.4, -0.2) is 33.4 Å². The van der Waals surface area contributed by atoms with Gasteiger partial charge in [0.2, 0.25) is 11.8 Å². The topological polar surface area (TPSA) is 69.6 Å². The van der Waals surface area contributed by atoms with E-state index < -0.39 is 11.6 Å². The van der Waals surface area contributed by atoms with E-state index in [2.05, 4.69) is 5.32 Å². The monoisotopic (exact) mass is 290 g/mol. The molecule has 1 aromatic carbocycles. The zero-order valence-corrected chi connectivity index (χ0v) is 12.7. The van der Waals surface area contributed by atoms with Crippen LogP contribution in [0.4, 0.5) is 0 Å². The van der Waals surface area contributed by atoms with Crippen LogP contribution in [0.15, 0.2) is 24.3 Å². The van der Waals surface area contributed by atoms with E-state index in [1.165, 1.54) is 0 Å². The maximum Gasteiger partial charge on any atom is 0.248 e. The van der Waals surface area contributed by atoms with E-state index in [-0.39, 0.29) is 17.6 Å². The number of phenolic OH excluding ortho intramolecular Hbond substituents is 1. The number of nitrogens with zero attached hydrogens (tertiary/aromatic N) is 1. The lowest BCUT2D eigenvalue weighted by molar-refractivity contribution is -0.154. The molecule has 1 aliphatic rings. The summed E-state index contributed by atoms with van der Waals surface area (Å²) in [6.07, 6.45) is 1.45. The van der Waals surface area contributed by atoms with Crippen molar-refractivity contribution >= 4 is 11.8 Å². The molecular weight excluding hydrogens is 268 g/mol. The maximum absolute atomic E-state index is 12.6. The lowest BCUT2D eigenvalue weighted by atomic mass is 9.94. The lowest BCUT2D eigenvalue weighted by Crippen LogP contribution is -2.67. The van der Waals surface area contributed by atoms with Crippen molar-refractivity contribution in [2.75, 3.05) is 0 Å². The minimum absolute atomic E-state index is 0.0936. The smallest absolute Gasteiger partial charge is 0.248 e. The average molecular weight is 290 g/mol. The van der Waals surface area contributed by atoms with Crippen molar-refractivity contribution in [3.63, 3.8) is 0 Å². The van der Waals surface area contributed by atoms with Crippen molar-refractivity contribution in [1.29, 1.82) is 0 Å². The quantitative estimate of drug-likeness (QED) is 0.888. The molecule has 21 heavy (non-hydrogen) atoms. The summed E-state index contributed by atoms with van der Waals surface area (Å²) in [5.74, 6) is -0.0433. The Hall–Kier alpha value is -2.04. The summed E-state index contributed by atoms with van der Waals surface area (Å²) in [4.78, 5) is 26.5. The van der Waals surface area contributed by atoms with Crippen LogP contribution in [-0.2, 0) is 16.1 Å². The molecular formula is C16H22N2O3. The summed E-state index contributed by atoms with van der Waals surface area (Å²) in [5.41, 5.74) is -0.0760. The normalized spacial score (nSPS) is 21.3. The molecule has 1 fully saturated rings. The zero-order chi connectivity index (χ0) is 15.6. The van der Waals surface area contributed by atoms with Gasteiger partial charge in [0, 0.05) is 6.54 Å². The third-order valence-corrected chi connectivity index (χ3v) is 3.74. The number of nitrogens with one attached hydrogen (secondary N) is 1. The van der Waals surface area contributed by atoms with Gasteiger partial charge in [0.05, 0.1) is 0 Å². The molecule has 114 valence electrons. The maximum atomic E-state index is 12.6. The van der Waals surface area contributed by atoms with Crippen molar-refractivity contribution in [1.82, 2.24) is 10.2 Å². The molecule has 0 saturated carbocycles. The molecule has 2 N–H and O–H groups in total. The first kappa shape index (κ1) is 15.4. The summed E-state index contributed by atoms with van der Waals surface area (Å²) in [7, 11) is 0. The number of aromatic hydroxyl groups is 1. The van der Waals surface area contributed by atoms with Gasteiger partial charge in [-0.2, -0.15) is 0 Å². The Balaban J connectivity index is 2.30. The molecule has 1 unspecified atom stereocenters. The van der Waals surface area contributed by atoms with Crippen LogP contribution in [0.3, 0.4) is 0 Å². The van der Waals surface area contributed by atoms with E-state index in [9.17, 15) is 14.7 Å². The first-order valence-electron chi connectivity index (χ1n) is 7.26. The van der Waals surface area contributed by atoms with Crippen molar-refractivity contribution in [3.8, 4) is 5.75 Å². The molecule has 1 saturated heterocycles. The predicted octanol–water partition coefficient (Wildman–Crippen LogP) is 1.80. The van der Waals surface area contributed by atoms with Crippen LogP contribution >= 0.6 is 0 Å². The molecule has 0 bridgehead atoms. The fourth-order valence-electron chi connectivity index (χ4n) is 2.68. The van der Waals surface area contributed by atoms with E-state index in [0.717, 1.165) is 12.0 Å². The van der Waals surface area contributed by atoms with Gasteiger partial charge < -0.3 is 15.3 Å². The average Bonchev–Trinajstić information content (AvgIpc) is 2.40. The largest absolute Gasteiger partial charge is 0.508 e. The fourth-order valence-corrected chi connectivity index (χ4v) is 2.68. The number of carbonyl (C=O) groups is 2.